The number of carbonyl (C=O) groups excluding carboxylic acids is 1. The van der Waals surface area contributed by atoms with Gasteiger partial charge < -0.3 is 4.90 Å². The molecule has 2 rings (SSSR count). The van der Waals surface area contributed by atoms with Gasteiger partial charge >= 0.3 is 0 Å². The first-order valence-electron chi connectivity index (χ1n) is 5.29. The molecular formula is C13H11Br2NOS. The van der Waals surface area contributed by atoms with Gasteiger partial charge in [-0.05, 0) is 56.5 Å². The number of nitrogens with zero attached hydrogens (tertiary/aromatic N) is 1. The molecule has 0 atom stereocenters. The normalized spacial score (nSPS) is 10.4. The molecule has 0 spiro atoms. The number of hydrogen-bond acceptors (Lipinski definition) is 2. The second-order valence-corrected chi connectivity index (χ2v) is 7.64. The van der Waals surface area contributed by atoms with Crippen molar-refractivity contribution in [3.63, 3.8) is 0 Å². The molecule has 0 aliphatic carbocycles. The summed E-state index contributed by atoms with van der Waals surface area (Å²) in [5.41, 5.74) is 2.69. The maximum absolute atomic E-state index is 12.4. The van der Waals surface area contributed by atoms with E-state index >= 15 is 0 Å². The minimum atomic E-state index is -0.0156. The molecular weight excluding hydrogens is 378 g/mol. The molecule has 0 radical (unpaired) electrons. The van der Waals surface area contributed by atoms with Crippen LogP contribution in [0.15, 0.2) is 37.9 Å². The van der Waals surface area contributed by atoms with E-state index in [-0.39, 0.29) is 5.91 Å². The summed E-state index contributed by atoms with van der Waals surface area (Å²) >= 11 is 8.31. The Morgan fingerprint density at radius 3 is 2.50 bits per heavy atom. The van der Waals surface area contributed by atoms with E-state index in [1.807, 2.05) is 37.3 Å². The average Bonchev–Trinajstić information content (AvgIpc) is 2.67. The second-order valence-electron chi connectivity index (χ2n) is 3.89. The van der Waals surface area contributed by atoms with Crippen molar-refractivity contribution in [1.29, 1.82) is 0 Å². The van der Waals surface area contributed by atoms with Gasteiger partial charge in [-0.25, -0.2) is 0 Å². The number of halogens is 2. The highest BCUT2D eigenvalue weighted by molar-refractivity contribution is 9.12. The third-order valence-corrected chi connectivity index (χ3v) is 5.01. The standard InChI is InChI=1S/C13H11Br2NOS/c1-8-5-3-4-6-10(8)16(2)13(17)9-7-11(14)18-12(9)15/h3-7H,1-2H3. The summed E-state index contributed by atoms with van der Waals surface area (Å²) in [6.07, 6.45) is 0. The predicted octanol–water partition coefficient (Wildman–Crippen LogP) is 4.86. The molecule has 2 nitrogen and oxygen atoms in total. The minimum Gasteiger partial charge on any atom is -0.311 e. The van der Waals surface area contributed by atoms with Gasteiger partial charge in [0.05, 0.1) is 13.1 Å². The number of benzene rings is 1. The molecule has 94 valence electrons. The lowest BCUT2D eigenvalue weighted by molar-refractivity contribution is 0.0992. The van der Waals surface area contributed by atoms with Crippen molar-refractivity contribution in [3.8, 4) is 0 Å². The number of anilines is 1. The molecule has 1 amide bonds. The van der Waals surface area contributed by atoms with Gasteiger partial charge in [0.2, 0.25) is 0 Å². The Morgan fingerprint density at radius 1 is 1.28 bits per heavy atom. The Morgan fingerprint density at radius 2 is 1.94 bits per heavy atom. The van der Waals surface area contributed by atoms with Crippen LogP contribution < -0.4 is 4.90 Å². The van der Waals surface area contributed by atoms with Crippen molar-refractivity contribution < 1.29 is 4.79 Å². The van der Waals surface area contributed by atoms with Crippen molar-refractivity contribution in [2.24, 2.45) is 0 Å². The molecule has 0 fully saturated rings. The van der Waals surface area contributed by atoms with Gasteiger partial charge in [-0.1, -0.05) is 18.2 Å². The highest BCUT2D eigenvalue weighted by Crippen LogP contribution is 2.33. The van der Waals surface area contributed by atoms with Crippen molar-refractivity contribution in [1.82, 2.24) is 0 Å². The Balaban J connectivity index is 2.35. The van der Waals surface area contributed by atoms with E-state index in [9.17, 15) is 4.79 Å². The fraction of sp³-hybridized carbons (Fsp3) is 0.154. The van der Waals surface area contributed by atoms with E-state index in [1.54, 1.807) is 11.9 Å². The molecule has 2 aromatic rings. The van der Waals surface area contributed by atoms with Gasteiger partial charge in [0, 0.05) is 12.7 Å². The molecule has 5 heteroatoms. The fourth-order valence-electron chi connectivity index (χ4n) is 1.72. The van der Waals surface area contributed by atoms with E-state index in [0.29, 0.717) is 5.56 Å². The second kappa shape index (κ2) is 5.55. The number of rotatable bonds is 2. The molecule has 0 aliphatic heterocycles. The zero-order valence-electron chi connectivity index (χ0n) is 9.91. The molecule has 1 aromatic carbocycles. The largest absolute Gasteiger partial charge is 0.311 e. The average molecular weight is 389 g/mol. The Kier molecular flexibility index (Phi) is 4.25. The van der Waals surface area contributed by atoms with Gasteiger partial charge in [0.25, 0.3) is 5.91 Å². The number of thiophene rings is 1. The SMILES string of the molecule is Cc1ccccc1N(C)C(=O)c1cc(Br)sc1Br. The first kappa shape index (κ1) is 13.8. The third-order valence-electron chi connectivity index (χ3n) is 2.67. The molecule has 1 aromatic heterocycles. The topological polar surface area (TPSA) is 20.3 Å². The lowest BCUT2D eigenvalue weighted by Crippen LogP contribution is -2.26. The lowest BCUT2D eigenvalue weighted by atomic mass is 10.1. The highest BCUT2D eigenvalue weighted by Gasteiger charge is 2.19. The fourth-order valence-corrected chi connectivity index (χ4v) is 4.49. The van der Waals surface area contributed by atoms with Gasteiger partial charge in [-0.2, -0.15) is 0 Å². The third kappa shape index (κ3) is 2.68. The first-order chi connectivity index (χ1) is 8.50. The molecule has 0 saturated heterocycles. The van der Waals surface area contributed by atoms with Gasteiger partial charge in [0.1, 0.15) is 0 Å². The molecule has 18 heavy (non-hydrogen) atoms. The van der Waals surface area contributed by atoms with Crippen molar-refractivity contribution in [2.75, 3.05) is 11.9 Å². The summed E-state index contributed by atoms with van der Waals surface area (Å²) in [4.78, 5) is 14.1. The van der Waals surface area contributed by atoms with E-state index in [2.05, 4.69) is 31.9 Å². The smallest absolute Gasteiger partial charge is 0.260 e. The summed E-state index contributed by atoms with van der Waals surface area (Å²) in [5, 5.41) is 0. The van der Waals surface area contributed by atoms with Crippen molar-refractivity contribution in [3.05, 3.63) is 49.0 Å². The molecule has 0 N–H and O–H groups in total. The predicted molar refractivity (Wildman–Crippen MR) is 83.6 cm³/mol. The van der Waals surface area contributed by atoms with E-state index in [4.69, 9.17) is 0 Å². The van der Waals surface area contributed by atoms with E-state index in [0.717, 1.165) is 18.8 Å². The number of carbonyl (C=O) groups is 1. The van der Waals surface area contributed by atoms with Gasteiger partial charge in [-0.3, -0.25) is 4.79 Å². The minimum absolute atomic E-state index is 0.0156. The Hall–Kier alpha value is -0.650. The summed E-state index contributed by atoms with van der Waals surface area (Å²) in [6, 6.07) is 9.69. The monoisotopic (exact) mass is 387 g/mol. The number of amides is 1. The van der Waals surface area contributed by atoms with Crippen LogP contribution in [-0.4, -0.2) is 13.0 Å². The number of para-hydroxylation sites is 1. The maximum Gasteiger partial charge on any atom is 0.260 e. The lowest BCUT2D eigenvalue weighted by Gasteiger charge is -2.19. The van der Waals surface area contributed by atoms with Crippen molar-refractivity contribution >= 4 is 54.8 Å². The van der Waals surface area contributed by atoms with E-state index < -0.39 is 0 Å². The molecule has 0 saturated carbocycles. The summed E-state index contributed by atoms with van der Waals surface area (Å²) in [6.45, 7) is 2.00. The van der Waals surface area contributed by atoms with Crippen LogP contribution in [0.5, 0.6) is 0 Å². The van der Waals surface area contributed by atoms with Gasteiger partial charge in [0.15, 0.2) is 0 Å². The summed E-state index contributed by atoms with van der Waals surface area (Å²) in [5.74, 6) is -0.0156. The molecule has 0 unspecified atom stereocenters. The molecule has 1 heterocycles. The quantitative estimate of drug-likeness (QED) is 0.719. The zero-order chi connectivity index (χ0) is 13.3. The van der Waals surface area contributed by atoms with Crippen LogP contribution in [-0.2, 0) is 0 Å². The van der Waals surface area contributed by atoms with Crippen LogP contribution in [0.1, 0.15) is 15.9 Å². The van der Waals surface area contributed by atoms with Crippen LogP contribution in [0.25, 0.3) is 0 Å². The van der Waals surface area contributed by atoms with E-state index in [1.165, 1.54) is 11.3 Å². The summed E-state index contributed by atoms with van der Waals surface area (Å²) < 4.78 is 1.79. The zero-order valence-corrected chi connectivity index (χ0v) is 13.9. The number of aryl methyl sites for hydroxylation is 1. The first-order valence-corrected chi connectivity index (χ1v) is 7.69. The maximum atomic E-state index is 12.4. The van der Waals surface area contributed by atoms with Crippen LogP contribution in [0.3, 0.4) is 0 Å². The van der Waals surface area contributed by atoms with Crippen LogP contribution in [0.4, 0.5) is 5.69 Å². The van der Waals surface area contributed by atoms with Crippen LogP contribution in [0, 0.1) is 6.92 Å². The molecule has 0 bridgehead atoms. The highest BCUT2D eigenvalue weighted by atomic mass is 79.9. The van der Waals surface area contributed by atoms with Crippen molar-refractivity contribution in [2.45, 2.75) is 6.92 Å². The Bertz CT molecular complexity index is 594. The summed E-state index contributed by atoms with van der Waals surface area (Å²) in [7, 11) is 1.79. The van der Waals surface area contributed by atoms with Crippen LogP contribution in [0.2, 0.25) is 0 Å². The molecule has 0 aliphatic rings. The van der Waals surface area contributed by atoms with Gasteiger partial charge in [-0.15, -0.1) is 11.3 Å². The Labute approximate surface area is 127 Å². The van der Waals surface area contributed by atoms with Crippen LogP contribution >= 0.6 is 43.2 Å². The number of hydrogen-bond donors (Lipinski definition) is 0.